The Hall–Kier alpha value is -4.87. The average molecular weight is 1370 g/mol. The van der Waals surface area contributed by atoms with Crippen molar-refractivity contribution in [3.05, 3.63) is 0 Å². The predicted octanol–water partition coefficient (Wildman–Crippen LogP) is -17.2. The summed E-state index contributed by atoms with van der Waals surface area (Å²) in [5, 5.41) is 241. The molecule has 0 radical (unpaired) electrons. The molecule has 0 saturated heterocycles. The number of nitrogens with one attached hydrogen (secondary N) is 4. The van der Waals surface area contributed by atoms with Gasteiger partial charge in [-0.25, -0.2) is 11.0 Å². The molecular formula is C50H97N9O34. The number of amides is 3. The Bertz CT molecular complexity index is 2040. The van der Waals surface area contributed by atoms with Gasteiger partial charge in [-0.3, -0.25) is 57.9 Å². The van der Waals surface area contributed by atoms with Gasteiger partial charge in [0.25, 0.3) is 11.8 Å². The molecule has 0 aliphatic heterocycles. The summed E-state index contributed by atoms with van der Waals surface area (Å²) in [6.45, 7) is -10.5. The summed E-state index contributed by atoms with van der Waals surface area (Å²) in [7, 11) is 0. The van der Waals surface area contributed by atoms with Gasteiger partial charge in [0, 0.05) is 78.5 Å². The Labute approximate surface area is 531 Å². The number of aliphatic hydroxyl groups excluding tert-OH is 20. The van der Waals surface area contributed by atoms with E-state index in [4.69, 9.17) is 34.9 Å². The number of hydrogen-bond donors (Lipinski definition) is 28. The van der Waals surface area contributed by atoms with Crippen molar-refractivity contribution in [2.24, 2.45) is 0 Å². The Balaban J connectivity index is 6.48. The van der Waals surface area contributed by atoms with Crippen LogP contribution in [-0.4, -0.2) is 443 Å². The van der Waals surface area contributed by atoms with Crippen molar-refractivity contribution in [2.75, 3.05) is 144 Å². The number of carbonyl (C=O) groups is 7. The zero-order valence-corrected chi connectivity index (χ0v) is 50.9. The van der Waals surface area contributed by atoms with Gasteiger partial charge in [0.15, 0.2) is 12.2 Å². The second-order valence-corrected chi connectivity index (χ2v) is 20.9. The van der Waals surface area contributed by atoms with Gasteiger partial charge >= 0.3 is 23.9 Å². The minimum absolute atomic E-state index is 0.101. The van der Waals surface area contributed by atoms with E-state index < -0.39 is 256 Å². The molecule has 546 valence electrons. The number of hydrogen-bond acceptors (Lipinski definition) is 36. The molecular weight excluding hydrogens is 1270 g/mol. The van der Waals surface area contributed by atoms with Crippen LogP contribution in [0.4, 0.5) is 0 Å². The highest BCUT2D eigenvalue weighted by molar-refractivity contribution is 5.85. The Kier molecular flexibility index (Phi) is 45.4. The highest BCUT2D eigenvalue weighted by atomic mass is 16.7. The number of nitrogens with zero attached hydrogens (tertiary/aromatic N) is 5. The first-order valence-electron chi connectivity index (χ1n) is 29.0. The van der Waals surface area contributed by atoms with Crippen molar-refractivity contribution >= 4 is 41.6 Å². The summed E-state index contributed by atoms with van der Waals surface area (Å²) in [5.74, 6) is -9.87. The third kappa shape index (κ3) is 33.6. The molecule has 0 heterocycles. The van der Waals surface area contributed by atoms with Crippen LogP contribution in [0.15, 0.2) is 0 Å². The molecule has 3 amide bonds. The van der Waals surface area contributed by atoms with Crippen LogP contribution in [0.2, 0.25) is 0 Å². The number of carbonyl (C=O) groups excluding carboxylic acids is 3. The molecule has 0 aromatic rings. The Morgan fingerprint density at radius 1 is 0.419 bits per heavy atom. The molecule has 0 aromatic heterocycles. The van der Waals surface area contributed by atoms with Gasteiger partial charge in [-0.1, -0.05) is 6.92 Å². The van der Waals surface area contributed by atoms with Gasteiger partial charge in [-0.05, 0) is 13.0 Å². The molecule has 43 heteroatoms. The Morgan fingerprint density at radius 3 is 1.10 bits per heavy atom. The van der Waals surface area contributed by atoms with E-state index in [0.29, 0.717) is 0 Å². The fraction of sp³-hybridized carbons (Fsp3) is 0.860. The monoisotopic (exact) mass is 1370 g/mol. The maximum atomic E-state index is 13.9. The average Bonchev–Trinajstić information content (AvgIpc) is 1.68. The van der Waals surface area contributed by atoms with Crippen molar-refractivity contribution in [2.45, 2.75) is 130 Å². The molecule has 0 aliphatic rings. The molecule has 28 N–H and O–H groups in total. The van der Waals surface area contributed by atoms with Gasteiger partial charge in [-0.15, -0.1) is 0 Å². The zero-order valence-electron chi connectivity index (χ0n) is 50.9. The standard InChI is InChI=1S/C50H97N9O34/c1-2-55(12-14-57(18-35(71)72)26(49(87)88)3-16-93-59(10-4-51-47(85)45(83)43(81)39(77)30(66)22-62)11-5-52-48(86)46(84)44(82)40(78)31(67)23-63)13-15-58(19-36(73)74)27(50(89)90)17-34(70)56(8-6-53-91-24-32(68)41(79)37(75)28(64)20-60)9-7-54-92-25-33(69)42(80)38(76)29(65)21-61/h26-33,37-46,53-54,60-69,75-84H,2-25H2,1H3,(H,51,85)(H,52,86)(H,71,72)(H,73,74)(H,87,88)(H,89,90). The maximum absolute atomic E-state index is 13.9. The summed E-state index contributed by atoms with van der Waals surface area (Å²) in [4.78, 5) is 110. The van der Waals surface area contributed by atoms with Gasteiger partial charge in [-0.2, -0.15) is 5.06 Å². The molecule has 0 aromatic carbocycles. The van der Waals surface area contributed by atoms with Crippen LogP contribution in [0.25, 0.3) is 0 Å². The topological polar surface area (TPSA) is 697 Å². The first-order chi connectivity index (χ1) is 43.7. The lowest BCUT2D eigenvalue weighted by Crippen LogP contribution is -2.53. The lowest BCUT2D eigenvalue weighted by molar-refractivity contribution is -0.169. The van der Waals surface area contributed by atoms with Crippen molar-refractivity contribution in [1.82, 2.24) is 46.3 Å². The molecule has 0 aliphatic carbocycles. The van der Waals surface area contributed by atoms with E-state index in [9.17, 15) is 136 Å². The van der Waals surface area contributed by atoms with Crippen LogP contribution >= 0.6 is 0 Å². The van der Waals surface area contributed by atoms with Gasteiger partial charge < -0.3 is 143 Å². The van der Waals surface area contributed by atoms with Crippen LogP contribution in [0, 0.1) is 0 Å². The minimum atomic E-state index is -2.37. The van der Waals surface area contributed by atoms with Crippen molar-refractivity contribution < 1.29 is 171 Å². The second-order valence-electron chi connectivity index (χ2n) is 20.9. The molecule has 0 fully saturated rings. The smallest absolute Gasteiger partial charge is 0.321 e. The molecule has 18 atom stereocenters. The quantitative estimate of drug-likeness (QED) is 0.0199. The van der Waals surface area contributed by atoms with Crippen LogP contribution in [0.5, 0.6) is 0 Å². The molecule has 18 unspecified atom stereocenters. The van der Waals surface area contributed by atoms with Crippen molar-refractivity contribution in [3.63, 3.8) is 0 Å². The fourth-order valence-electron chi connectivity index (χ4n) is 8.32. The molecule has 93 heavy (non-hydrogen) atoms. The third-order valence-corrected chi connectivity index (χ3v) is 14.1. The highest BCUT2D eigenvalue weighted by Crippen LogP contribution is 2.14. The van der Waals surface area contributed by atoms with Crippen LogP contribution in [-0.2, 0) is 48.1 Å². The summed E-state index contributed by atoms with van der Waals surface area (Å²) >= 11 is 0. The molecule has 0 saturated carbocycles. The number of carboxylic acid groups (broad SMARTS) is 4. The van der Waals surface area contributed by atoms with Gasteiger partial charge in [0.1, 0.15) is 97.5 Å². The SMILES string of the molecule is CCN(CCN(CC(=O)O)C(CCON(CCNC(=O)C(O)C(O)C(O)C(O)CO)CCNC(=O)C(O)C(O)C(O)C(O)CO)C(=O)O)CCN(CC(=O)O)C(CC(=O)N(CCNOCC(O)C(O)C(O)C(O)CO)CCNOCC(O)C(O)C(O)C(O)CO)C(=O)O. The predicted molar refractivity (Wildman–Crippen MR) is 305 cm³/mol. The van der Waals surface area contributed by atoms with E-state index in [1.807, 2.05) is 0 Å². The second kappa shape index (κ2) is 47.9. The zero-order chi connectivity index (χ0) is 71.2. The summed E-state index contributed by atoms with van der Waals surface area (Å²) in [5.41, 5.74) is 4.71. The van der Waals surface area contributed by atoms with E-state index in [0.717, 1.165) is 19.8 Å². The lowest BCUT2D eigenvalue weighted by atomic mass is 10.0. The first kappa shape index (κ1) is 88.1. The molecule has 0 bridgehead atoms. The maximum Gasteiger partial charge on any atom is 0.321 e. The summed E-state index contributed by atoms with van der Waals surface area (Å²) in [6.07, 6.45) is -34.4. The minimum Gasteiger partial charge on any atom is -0.480 e. The fourth-order valence-corrected chi connectivity index (χ4v) is 8.32. The summed E-state index contributed by atoms with van der Waals surface area (Å²) < 4.78 is 0. The number of carboxylic acids is 4. The van der Waals surface area contributed by atoms with Crippen LogP contribution in [0.1, 0.15) is 19.8 Å². The number of aliphatic hydroxyl groups is 20. The molecule has 43 nitrogen and oxygen atoms in total. The van der Waals surface area contributed by atoms with Crippen molar-refractivity contribution in [3.8, 4) is 0 Å². The van der Waals surface area contributed by atoms with Crippen molar-refractivity contribution in [1.29, 1.82) is 0 Å². The number of likely N-dealkylation sites (N-methyl/N-ethyl adjacent to an activating group) is 1. The van der Waals surface area contributed by atoms with Gasteiger partial charge in [0.05, 0.1) is 65.8 Å². The first-order valence-corrected chi connectivity index (χ1v) is 29.0. The van der Waals surface area contributed by atoms with E-state index in [2.05, 4.69) is 21.6 Å². The Morgan fingerprint density at radius 2 is 0.763 bits per heavy atom. The van der Waals surface area contributed by atoms with E-state index >= 15 is 0 Å². The largest absolute Gasteiger partial charge is 0.480 e. The van der Waals surface area contributed by atoms with E-state index in [1.165, 1.54) is 0 Å². The van der Waals surface area contributed by atoms with Gasteiger partial charge in [0.2, 0.25) is 5.91 Å². The van der Waals surface area contributed by atoms with E-state index in [-0.39, 0.29) is 52.4 Å². The number of rotatable bonds is 57. The normalized spacial score (nSPS) is 18.0. The number of hydroxylamine groups is 4. The van der Waals surface area contributed by atoms with Crippen LogP contribution in [0.3, 0.4) is 0 Å². The van der Waals surface area contributed by atoms with Crippen LogP contribution < -0.4 is 21.6 Å². The number of aliphatic carboxylic acids is 4. The summed E-state index contributed by atoms with van der Waals surface area (Å²) in [6, 6.07) is -3.54. The van der Waals surface area contributed by atoms with E-state index in [1.54, 1.807) is 11.8 Å². The highest BCUT2D eigenvalue weighted by Gasteiger charge is 2.38. The third-order valence-electron chi connectivity index (χ3n) is 14.1. The molecule has 0 spiro atoms. The molecule has 0 rings (SSSR count). The lowest BCUT2D eigenvalue weighted by Gasteiger charge is -2.33.